The number of alkyl halides is 2. The molecule has 2 saturated carbocycles. The second-order valence-electron chi connectivity index (χ2n) is 9.65. The summed E-state index contributed by atoms with van der Waals surface area (Å²) in [5.74, 6) is 0. The first kappa shape index (κ1) is 26.1. The molecule has 0 bridgehead atoms. The molecule has 1 unspecified atom stereocenters. The molecule has 4 heteroatoms. The first-order valence-corrected chi connectivity index (χ1v) is 13.2. The van der Waals surface area contributed by atoms with Crippen LogP contribution in [0.5, 0.6) is 0 Å². The van der Waals surface area contributed by atoms with Crippen molar-refractivity contribution in [2.75, 3.05) is 13.1 Å². The highest BCUT2D eigenvalue weighted by Crippen LogP contribution is 2.58. The standard InChI is InChI=1S/C27H35Cl2N.C2H3N/c1-3-19-30(20-14-22-8-5-4-6-9-22)21(2)12-13-23-24(26(28)15-16-26)10-7-11-25(23)27(29)17-18-27;1-2-3/h4-11,21H,3,12-20H2,1-2H3;1H3. The fourth-order valence-electron chi connectivity index (χ4n) is 4.75. The van der Waals surface area contributed by atoms with Crippen molar-refractivity contribution in [3.8, 4) is 6.07 Å². The highest BCUT2D eigenvalue weighted by atomic mass is 35.5. The van der Waals surface area contributed by atoms with E-state index in [0.717, 1.165) is 58.0 Å². The van der Waals surface area contributed by atoms with E-state index in [1.807, 2.05) is 0 Å². The van der Waals surface area contributed by atoms with Crippen molar-refractivity contribution >= 4 is 23.2 Å². The van der Waals surface area contributed by atoms with Crippen LogP contribution in [0.3, 0.4) is 0 Å². The lowest BCUT2D eigenvalue weighted by Gasteiger charge is -2.30. The van der Waals surface area contributed by atoms with Crippen LogP contribution in [0.4, 0.5) is 0 Å². The Hall–Kier alpha value is -1.53. The van der Waals surface area contributed by atoms with E-state index in [1.165, 1.54) is 35.6 Å². The minimum absolute atomic E-state index is 0.132. The van der Waals surface area contributed by atoms with Gasteiger partial charge in [0.2, 0.25) is 0 Å². The van der Waals surface area contributed by atoms with Gasteiger partial charge in [-0.15, -0.1) is 23.2 Å². The number of rotatable bonds is 11. The molecule has 0 spiro atoms. The quantitative estimate of drug-likeness (QED) is 0.302. The predicted molar refractivity (Wildman–Crippen MR) is 141 cm³/mol. The summed E-state index contributed by atoms with van der Waals surface area (Å²) < 4.78 is 0. The van der Waals surface area contributed by atoms with Crippen LogP contribution in [0.2, 0.25) is 0 Å². The minimum Gasteiger partial charge on any atom is -0.300 e. The molecule has 4 rings (SSSR count). The van der Waals surface area contributed by atoms with Crippen LogP contribution >= 0.6 is 23.2 Å². The van der Waals surface area contributed by atoms with E-state index in [4.69, 9.17) is 28.5 Å². The summed E-state index contributed by atoms with van der Waals surface area (Å²) in [7, 11) is 0. The summed E-state index contributed by atoms with van der Waals surface area (Å²) in [6.45, 7) is 8.38. The molecule has 0 aliphatic heterocycles. The third-order valence-electron chi connectivity index (χ3n) is 7.00. The molecule has 0 heterocycles. The Balaban J connectivity index is 0.000000968. The summed E-state index contributed by atoms with van der Waals surface area (Å²) in [5, 5.41) is 7.32. The van der Waals surface area contributed by atoms with Crippen LogP contribution in [0.1, 0.15) is 81.5 Å². The Morgan fingerprint density at radius 2 is 1.45 bits per heavy atom. The van der Waals surface area contributed by atoms with Gasteiger partial charge in [-0.3, -0.25) is 0 Å². The molecule has 33 heavy (non-hydrogen) atoms. The van der Waals surface area contributed by atoms with E-state index in [2.05, 4.69) is 67.3 Å². The summed E-state index contributed by atoms with van der Waals surface area (Å²) in [6, 6.07) is 19.8. The zero-order chi connectivity index (χ0) is 23.9. The second-order valence-corrected chi connectivity index (χ2v) is 11.1. The van der Waals surface area contributed by atoms with Crippen molar-refractivity contribution in [2.24, 2.45) is 0 Å². The Kier molecular flexibility index (Phi) is 9.28. The van der Waals surface area contributed by atoms with E-state index in [1.54, 1.807) is 6.07 Å². The highest BCUT2D eigenvalue weighted by Gasteiger charge is 2.48. The van der Waals surface area contributed by atoms with Crippen LogP contribution in [0.25, 0.3) is 0 Å². The molecule has 2 fully saturated rings. The fourth-order valence-corrected chi connectivity index (χ4v) is 5.29. The summed E-state index contributed by atoms with van der Waals surface area (Å²) in [6.07, 6.45) is 8.90. The van der Waals surface area contributed by atoms with Crippen LogP contribution in [0, 0.1) is 11.3 Å². The molecule has 0 amide bonds. The van der Waals surface area contributed by atoms with Gasteiger partial charge in [-0.25, -0.2) is 0 Å². The SMILES string of the molecule is CC#N.CCCN(CCc1ccccc1)C(C)CCc1c(C2(Cl)CC2)cccc1C1(Cl)CC1. The van der Waals surface area contributed by atoms with E-state index >= 15 is 0 Å². The third-order valence-corrected chi connectivity index (χ3v) is 8.16. The van der Waals surface area contributed by atoms with Crippen molar-refractivity contribution in [1.29, 1.82) is 5.26 Å². The molecule has 0 saturated heterocycles. The van der Waals surface area contributed by atoms with E-state index in [0.29, 0.717) is 6.04 Å². The zero-order valence-electron chi connectivity index (χ0n) is 20.4. The lowest BCUT2D eigenvalue weighted by molar-refractivity contribution is 0.202. The Morgan fingerprint density at radius 1 is 0.909 bits per heavy atom. The first-order valence-electron chi connectivity index (χ1n) is 12.5. The molecule has 2 aromatic carbocycles. The molecule has 2 aliphatic rings. The summed E-state index contributed by atoms with van der Waals surface area (Å²) in [5.41, 5.74) is 5.58. The van der Waals surface area contributed by atoms with Crippen molar-refractivity contribution in [2.45, 2.75) is 87.9 Å². The summed E-state index contributed by atoms with van der Waals surface area (Å²) >= 11 is 13.8. The summed E-state index contributed by atoms with van der Waals surface area (Å²) in [4.78, 5) is 2.40. The largest absolute Gasteiger partial charge is 0.300 e. The predicted octanol–water partition coefficient (Wildman–Crippen LogP) is 7.95. The van der Waals surface area contributed by atoms with Crippen molar-refractivity contribution in [3.05, 3.63) is 70.8 Å². The maximum atomic E-state index is 7.32. The maximum Gasteiger partial charge on any atom is 0.0699 e. The van der Waals surface area contributed by atoms with Gasteiger partial charge in [0, 0.05) is 19.5 Å². The van der Waals surface area contributed by atoms with Crippen molar-refractivity contribution < 1.29 is 0 Å². The van der Waals surface area contributed by atoms with E-state index in [-0.39, 0.29) is 9.75 Å². The van der Waals surface area contributed by atoms with Crippen molar-refractivity contribution in [1.82, 2.24) is 4.90 Å². The van der Waals surface area contributed by atoms with Gasteiger partial charge in [-0.05, 0) is 87.1 Å². The van der Waals surface area contributed by atoms with Crippen LogP contribution in [0.15, 0.2) is 48.5 Å². The average molecular weight is 486 g/mol. The van der Waals surface area contributed by atoms with Gasteiger partial charge in [0.1, 0.15) is 0 Å². The number of hydrogen-bond donors (Lipinski definition) is 0. The molecule has 0 N–H and O–H groups in total. The lowest BCUT2D eigenvalue weighted by atomic mass is 9.90. The molecular weight excluding hydrogens is 447 g/mol. The Morgan fingerprint density at radius 3 is 1.94 bits per heavy atom. The van der Waals surface area contributed by atoms with Gasteiger partial charge in [0.05, 0.1) is 15.8 Å². The maximum absolute atomic E-state index is 7.32. The lowest BCUT2D eigenvalue weighted by Crippen LogP contribution is -2.36. The fraction of sp³-hybridized carbons (Fsp3) is 0.552. The topological polar surface area (TPSA) is 27.0 Å². The number of halogens is 2. The Bertz CT molecular complexity index is 890. The van der Waals surface area contributed by atoms with Gasteiger partial charge in [0.25, 0.3) is 0 Å². The minimum atomic E-state index is -0.132. The number of hydrogen-bond acceptors (Lipinski definition) is 2. The van der Waals surface area contributed by atoms with Crippen LogP contribution in [-0.4, -0.2) is 24.0 Å². The molecule has 2 nitrogen and oxygen atoms in total. The molecule has 0 radical (unpaired) electrons. The van der Waals surface area contributed by atoms with Gasteiger partial charge in [0.15, 0.2) is 0 Å². The van der Waals surface area contributed by atoms with Gasteiger partial charge in [-0.2, -0.15) is 5.26 Å². The van der Waals surface area contributed by atoms with Gasteiger partial charge < -0.3 is 4.90 Å². The smallest absolute Gasteiger partial charge is 0.0699 e. The molecule has 1 atom stereocenters. The second kappa shape index (κ2) is 11.7. The molecule has 2 aliphatic carbocycles. The third kappa shape index (κ3) is 6.98. The molecular formula is C29H38Cl2N2. The molecule has 178 valence electrons. The van der Waals surface area contributed by atoms with Crippen LogP contribution in [-0.2, 0) is 22.6 Å². The number of benzene rings is 2. The molecule has 2 aromatic rings. The molecule has 0 aromatic heterocycles. The van der Waals surface area contributed by atoms with Gasteiger partial charge >= 0.3 is 0 Å². The zero-order valence-corrected chi connectivity index (χ0v) is 21.9. The highest BCUT2D eigenvalue weighted by molar-refractivity contribution is 6.27. The van der Waals surface area contributed by atoms with E-state index < -0.39 is 0 Å². The number of nitrogens with zero attached hydrogens (tertiary/aromatic N) is 2. The van der Waals surface area contributed by atoms with E-state index in [9.17, 15) is 0 Å². The average Bonchev–Trinajstić information content (AvgIpc) is 3.75. The first-order chi connectivity index (χ1) is 15.9. The van der Waals surface area contributed by atoms with Crippen LogP contribution < -0.4 is 0 Å². The monoisotopic (exact) mass is 484 g/mol. The Labute approximate surface area is 210 Å². The van der Waals surface area contributed by atoms with Gasteiger partial charge in [-0.1, -0.05) is 55.5 Å². The van der Waals surface area contributed by atoms with Crippen molar-refractivity contribution in [3.63, 3.8) is 0 Å². The number of nitriles is 1. The normalized spacial score (nSPS) is 18.1.